The molecule has 1 N–H and O–H groups in total. The van der Waals surface area contributed by atoms with Gasteiger partial charge >= 0.3 is 0 Å². The Morgan fingerprint density at radius 3 is 2.24 bits per heavy atom. The summed E-state index contributed by atoms with van der Waals surface area (Å²) in [6.45, 7) is 2.01. The fourth-order valence-corrected chi connectivity index (χ4v) is 5.73. The van der Waals surface area contributed by atoms with Crippen molar-refractivity contribution in [2.24, 2.45) is 0 Å². The molecule has 2 fully saturated rings. The average Bonchev–Trinajstić information content (AvgIpc) is 2.70. The van der Waals surface area contributed by atoms with Gasteiger partial charge in [-0.25, -0.2) is 0 Å². The van der Waals surface area contributed by atoms with Crippen LogP contribution < -0.4 is 5.32 Å². The van der Waals surface area contributed by atoms with Gasteiger partial charge < -0.3 is 10.2 Å². The van der Waals surface area contributed by atoms with Crippen LogP contribution in [-0.2, 0) is 11.2 Å². The number of benzene rings is 1. The maximum Gasteiger partial charge on any atom is 0.255 e. The van der Waals surface area contributed by atoms with Gasteiger partial charge in [-0.05, 0) is 44.2 Å². The molecule has 0 radical (unpaired) electrons. The van der Waals surface area contributed by atoms with Crippen LogP contribution >= 0.6 is 0 Å². The van der Waals surface area contributed by atoms with Crippen LogP contribution in [0, 0.1) is 0 Å². The van der Waals surface area contributed by atoms with Gasteiger partial charge in [-0.3, -0.25) is 9.59 Å². The molecule has 4 heteroatoms. The Balaban J connectivity index is 1.61. The molecule has 0 bridgehead atoms. The first kappa shape index (κ1) is 20.4. The predicted molar refractivity (Wildman–Crippen MR) is 116 cm³/mol. The number of amides is 2. The van der Waals surface area contributed by atoms with Gasteiger partial charge in [0.05, 0.1) is 0 Å². The largest absolute Gasteiger partial charge is 0.351 e. The summed E-state index contributed by atoms with van der Waals surface area (Å²) in [7, 11) is 0. The minimum Gasteiger partial charge on any atom is -0.351 e. The number of nitrogens with zero attached hydrogens (tertiary/aromatic N) is 1. The van der Waals surface area contributed by atoms with E-state index in [1.807, 2.05) is 36.1 Å². The number of rotatable bonds is 3. The Morgan fingerprint density at radius 2 is 1.52 bits per heavy atom. The van der Waals surface area contributed by atoms with Gasteiger partial charge in [-0.1, -0.05) is 69.6 Å². The molecule has 4 nitrogen and oxygen atoms in total. The number of hydrogen-bond acceptors (Lipinski definition) is 2. The summed E-state index contributed by atoms with van der Waals surface area (Å²) in [5.74, 6) is 0.102. The van der Waals surface area contributed by atoms with Crippen molar-refractivity contribution < 1.29 is 9.59 Å². The first-order valence-electron chi connectivity index (χ1n) is 11.8. The van der Waals surface area contributed by atoms with Crippen LogP contribution in [0.25, 0.3) is 0 Å². The highest BCUT2D eigenvalue weighted by molar-refractivity contribution is 6.02. The number of fused-ring (bicyclic) bond motifs is 1. The van der Waals surface area contributed by atoms with Crippen molar-refractivity contribution in [3.05, 3.63) is 35.4 Å². The zero-order valence-corrected chi connectivity index (χ0v) is 17.9. The van der Waals surface area contributed by atoms with Crippen LogP contribution in [0.3, 0.4) is 0 Å². The topological polar surface area (TPSA) is 49.4 Å². The number of hydrogen-bond donors (Lipinski definition) is 1. The van der Waals surface area contributed by atoms with Gasteiger partial charge in [0.15, 0.2) is 0 Å². The van der Waals surface area contributed by atoms with E-state index in [1.54, 1.807) is 0 Å². The highest BCUT2D eigenvalue weighted by Gasteiger charge is 2.49. The van der Waals surface area contributed by atoms with Gasteiger partial charge in [0.25, 0.3) is 5.91 Å². The molecule has 0 saturated heterocycles. The van der Waals surface area contributed by atoms with Gasteiger partial charge in [-0.15, -0.1) is 0 Å². The Hall–Kier alpha value is -1.84. The van der Waals surface area contributed by atoms with Crippen molar-refractivity contribution in [3.8, 4) is 0 Å². The van der Waals surface area contributed by atoms with E-state index >= 15 is 0 Å². The van der Waals surface area contributed by atoms with E-state index < -0.39 is 5.54 Å². The zero-order chi connectivity index (χ0) is 20.3. The van der Waals surface area contributed by atoms with Gasteiger partial charge in [-0.2, -0.15) is 0 Å². The maximum absolute atomic E-state index is 13.7. The normalized spacial score (nSPS) is 27.1. The lowest BCUT2D eigenvalue weighted by molar-refractivity contribution is -0.134. The molecule has 29 heavy (non-hydrogen) atoms. The Bertz CT molecular complexity index is 732. The van der Waals surface area contributed by atoms with Gasteiger partial charge in [0, 0.05) is 24.1 Å². The maximum atomic E-state index is 13.7. The molecule has 0 spiro atoms. The molecule has 158 valence electrons. The minimum absolute atomic E-state index is 0.0501. The molecule has 2 saturated carbocycles. The van der Waals surface area contributed by atoms with Crippen LogP contribution in [0.4, 0.5) is 0 Å². The quantitative estimate of drug-likeness (QED) is 0.781. The summed E-state index contributed by atoms with van der Waals surface area (Å²) in [6, 6.07) is 8.30. The molecule has 1 aliphatic heterocycles. The average molecular weight is 397 g/mol. The molecular weight excluding hydrogens is 360 g/mol. The van der Waals surface area contributed by atoms with Crippen molar-refractivity contribution >= 4 is 11.8 Å². The molecule has 3 aliphatic rings. The van der Waals surface area contributed by atoms with Crippen LogP contribution in [0.1, 0.15) is 99.9 Å². The fourth-order valence-electron chi connectivity index (χ4n) is 5.73. The van der Waals surface area contributed by atoms with E-state index in [0.717, 1.165) is 49.7 Å². The summed E-state index contributed by atoms with van der Waals surface area (Å²) >= 11 is 0. The molecule has 0 aromatic heterocycles. The predicted octanol–water partition coefficient (Wildman–Crippen LogP) is 5.01. The third-order valence-corrected chi connectivity index (χ3v) is 7.40. The second kappa shape index (κ2) is 8.89. The lowest BCUT2D eigenvalue weighted by Gasteiger charge is -2.49. The van der Waals surface area contributed by atoms with Gasteiger partial charge in [0.1, 0.15) is 5.54 Å². The third-order valence-electron chi connectivity index (χ3n) is 7.40. The first-order chi connectivity index (χ1) is 14.1. The monoisotopic (exact) mass is 396 g/mol. The summed E-state index contributed by atoms with van der Waals surface area (Å²) in [5.41, 5.74) is 1.00. The summed E-state index contributed by atoms with van der Waals surface area (Å²) in [5, 5.41) is 3.38. The summed E-state index contributed by atoms with van der Waals surface area (Å²) in [4.78, 5) is 29.2. The zero-order valence-electron chi connectivity index (χ0n) is 17.9. The van der Waals surface area contributed by atoms with Crippen LogP contribution in [0.15, 0.2) is 24.3 Å². The molecule has 1 heterocycles. The Morgan fingerprint density at radius 1 is 0.931 bits per heavy atom. The highest BCUT2D eigenvalue weighted by atomic mass is 16.2. The van der Waals surface area contributed by atoms with Gasteiger partial charge in [0.2, 0.25) is 5.91 Å². The minimum atomic E-state index is -0.796. The highest BCUT2D eigenvalue weighted by Crippen LogP contribution is 2.37. The molecule has 1 atom stereocenters. The first-order valence-corrected chi connectivity index (χ1v) is 11.8. The van der Waals surface area contributed by atoms with E-state index in [0.29, 0.717) is 6.42 Å². The van der Waals surface area contributed by atoms with Crippen molar-refractivity contribution in [1.29, 1.82) is 0 Å². The van der Waals surface area contributed by atoms with Crippen LogP contribution in [0.5, 0.6) is 0 Å². The summed E-state index contributed by atoms with van der Waals surface area (Å²) < 4.78 is 0. The van der Waals surface area contributed by atoms with E-state index in [-0.39, 0.29) is 23.9 Å². The van der Waals surface area contributed by atoms with Crippen molar-refractivity contribution in [2.45, 2.75) is 108 Å². The molecule has 2 amide bonds. The van der Waals surface area contributed by atoms with Crippen LogP contribution in [-0.4, -0.2) is 34.3 Å². The standard InChI is InChI=1S/C25H36N2O2/c1-25(24(29)26-20-13-6-3-2-4-7-14-20)18-19-12-10-11-17-22(19)23(28)27(25)21-15-8-5-9-16-21/h10-12,17,20-21H,2-9,13-16,18H2,1H3,(H,26,29)/t25-/m0/s1. The number of carbonyl (C=O) groups is 2. The molecule has 0 unspecified atom stereocenters. The second-order valence-corrected chi connectivity index (χ2v) is 9.59. The molecule has 2 aliphatic carbocycles. The molecular formula is C25H36N2O2. The summed E-state index contributed by atoms with van der Waals surface area (Å²) in [6.07, 6.45) is 14.5. The molecule has 4 rings (SSSR count). The Kier molecular flexibility index (Phi) is 6.26. The SMILES string of the molecule is C[C@@]1(C(=O)NC2CCCCCCC2)Cc2ccccc2C(=O)N1C1CCCCC1. The van der Waals surface area contributed by atoms with Crippen molar-refractivity contribution in [1.82, 2.24) is 10.2 Å². The lowest BCUT2D eigenvalue weighted by atomic mass is 9.79. The molecule has 1 aromatic carbocycles. The van der Waals surface area contributed by atoms with Crippen LogP contribution in [0.2, 0.25) is 0 Å². The third kappa shape index (κ3) is 4.22. The van der Waals surface area contributed by atoms with Crippen molar-refractivity contribution in [3.63, 3.8) is 0 Å². The van der Waals surface area contributed by atoms with E-state index in [2.05, 4.69) is 5.32 Å². The van der Waals surface area contributed by atoms with Crippen molar-refractivity contribution in [2.75, 3.05) is 0 Å². The number of carbonyl (C=O) groups excluding carboxylic acids is 2. The van der Waals surface area contributed by atoms with E-state index in [1.165, 1.54) is 38.5 Å². The number of nitrogens with one attached hydrogen (secondary N) is 1. The Labute approximate surface area is 175 Å². The van der Waals surface area contributed by atoms with E-state index in [9.17, 15) is 9.59 Å². The second-order valence-electron chi connectivity index (χ2n) is 9.59. The lowest BCUT2D eigenvalue weighted by Crippen LogP contribution is -2.66. The smallest absolute Gasteiger partial charge is 0.255 e. The molecule has 1 aromatic rings. The van der Waals surface area contributed by atoms with E-state index in [4.69, 9.17) is 0 Å². The fraction of sp³-hybridized carbons (Fsp3) is 0.680.